The Morgan fingerprint density at radius 1 is 1.20 bits per heavy atom. The van der Waals surface area contributed by atoms with Crippen LogP contribution in [-0.2, 0) is 13.0 Å². The molecule has 3 rings (SSSR count). The number of hydrogen-bond acceptors (Lipinski definition) is 2. The third-order valence-corrected chi connectivity index (χ3v) is 4.36. The second kappa shape index (κ2) is 5.29. The lowest BCUT2D eigenvalue weighted by molar-refractivity contribution is 0.0727. The molecule has 0 fully saturated rings. The molecule has 102 valence electrons. The zero-order valence-corrected chi connectivity index (χ0v) is 12.6. The minimum atomic E-state index is 0.107. The summed E-state index contributed by atoms with van der Waals surface area (Å²) in [5.41, 5.74) is 9.50. The highest BCUT2D eigenvalue weighted by Gasteiger charge is 2.24. The quantitative estimate of drug-likeness (QED) is 0.859. The minimum absolute atomic E-state index is 0.107. The number of amides is 1. The molecule has 0 aromatic heterocycles. The van der Waals surface area contributed by atoms with Crippen molar-refractivity contribution in [2.24, 2.45) is 0 Å². The summed E-state index contributed by atoms with van der Waals surface area (Å²) in [7, 11) is 0. The first-order valence-corrected chi connectivity index (χ1v) is 7.35. The van der Waals surface area contributed by atoms with Crippen LogP contribution in [-0.4, -0.2) is 17.4 Å². The first-order chi connectivity index (χ1) is 9.65. The van der Waals surface area contributed by atoms with Gasteiger partial charge in [0.1, 0.15) is 0 Å². The monoisotopic (exact) mass is 330 g/mol. The van der Waals surface area contributed by atoms with Gasteiger partial charge in [-0.15, -0.1) is 0 Å². The Labute approximate surface area is 126 Å². The van der Waals surface area contributed by atoms with Crippen LogP contribution in [0, 0.1) is 0 Å². The fourth-order valence-electron chi connectivity index (χ4n) is 2.52. The van der Waals surface area contributed by atoms with E-state index in [1.54, 1.807) is 0 Å². The van der Waals surface area contributed by atoms with Crippen LogP contribution in [0.3, 0.4) is 0 Å². The van der Waals surface area contributed by atoms with Crippen molar-refractivity contribution in [1.29, 1.82) is 0 Å². The number of carbonyl (C=O) groups excluding carboxylic acids is 1. The van der Waals surface area contributed by atoms with E-state index < -0.39 is 0 Å². The Balaban J connectivity index is 1.85. The normalized spacial score (nSPS) is 14.2. The summed E-state index contributed by atoms with van der Waals surface area (Å²) in [5, 5.41) is 0. The van der Waals surface area contributed by atoms with Gasteiger partial charge in [-0.1, -0.05) is 40.2 Å². The molecule has 0 unspecified atom stereocenters. The molecule has 1 aliphatic rings. The van der Waals surface area contributed by atoms with Crippen molar-refractivity contribution in [2.45, 2.75) is 13.0 Å². The lowest BCUT2D eigenvalue weighted by atomic mass is 9.98. The highest BCUT2D eigenvalue weighted by Crippen LogP contribution is 2.25. The Hall–Kier alpha value is -1.81. The number of halogens is 1. The van der Waals surface area contributed by atoms with E-state index in [2.05, 4.69) is 15.9 Å². The molecule has 0 radical (unpaired) electrons. The maximum absolute atomic E-state index is 12.5. The van der Waals surface area contributed by atoms with Crippen LogP contribution in [0.2, 0.25) is 0 Å². The molecule has 0 bridgehead atoms. The molecule has 1 heterocycles. The number of benzene rings is 2. The van der Waals surface area contributed by atoms with Crippen LogP contribution >= 0.6 is 15.9 Å². The molecule has 20 heavy (non-hydrogen) atoms. The summed E-state index contributed by atoms with van der Waals surface area (Å²) in [6.45, 7) is 1.36. The number of hydrogen-bond donors (Lipinski definition) is 1. The predicted molar refractivity (Wildman–Crippen MR) is 83.4 cm³/mol. The van der Waals surface area contributed by atoms with Gasteiger partial charge in [0.25, 0.3) is 5.91 Å². The van der Waals surface area contributed by atoms with Gasteiger partial charge in [-0.2, -0.15) is 0 Å². The van der Waals surface area contributed by atoms with E-state index in [0.29, 0.717) is 6.54 Å². The van der Waals surface area contributed by atoms with Crippen molar-refractivity contribution in [3.05, 3.63) is 63.6 Å². The van der Waals surface area contributed by atoms with Crippen molar-refractivity contribution in [1.82, 2.24) is 4.90 Å². The third kappa shape index (κ3) is 2.43. The van der Waals surface area contributed by atoms with Gasteiger partial charge in [0.05, 0.1) is 0 Å². The Bertz CT molecular complexity index is 669. The molecule has 0 atom stereocenters. The second-order valence-corrected chi connectivity index (χ2v) is 5.84. The average molecular weight is 331 g/mol. The molecule has 0 spiro atoms. The van der Waals surface area contributed by atoms with E-state index in [0.717, 1.165) is 39.8 Å². The molecule has 2 N–H and O–H groups in total. The molecule has 0 saturated carbocycles. The highest BCUT2D eigenvalue weighted by molar-refractivity contribution is 9.10. The van der Waals surface area contributed by atoms with Crippen LogP contribution in [0.15, 0.2) is 46.9 Å². The van der Waals surface area contributed by atoms with E-state index in [-0.39, 0.29) is 5.91 Å². The van der Waals surface area contributed by atoms with Crippen LogP contribution in [0.4, 0.5) is 5.69 Å². The van der Waals surface area contributed by atoms with Crippen molar-refractivity contribution in [2.75, 3.05) is 12.3 Å². The average Bonchev–Trinajstić information content (AvgIpc) is 2.45. The van der Waals surface area contributed by atoms with Gasteiger partial charge in [0, 0.05) is 28.8 Å². The van der Waals surface area contributed by atoms with E-state index in [1.807, 2.05) is 47.4 Å². The molecule has 1 aliphatic heterocycles. The van der Waals surface area contributed by atoms with Crippen LogP contribution in [0.1, 0.15) is 21.5 Å². The number of anilines is 1. The summed E-state index contributed by atoms with van der Waals surface area (Å²) in [6, 6.07) is 13.5. The topological polar surface area (TPSA) is 46.3 Å². The second-order valence-electron chi connectivity index (χ2n) is 4.98. The fourth-order valence-corrected chi connectivity index (χ4v) is 3.04. The lowest BCUT2D eigenvalue weighted by Gasteiger charge is -2.29. The van der Waals surface area contributed by atoms with Crippen LogP contribution in [0.5, 0.6) is 0 Å². The van der Waals surface area contributed by atoms with Crippen molar-refractivity contribution >= 4 is 27.5 Å². The largest absolute Gasteiger partial charge is 0.399 e. The van der Waals surface area contributed by atoms with E-state index in [1.165, 1.54) is 0 Å². The van der Waals surface area contributed by atoms with Crippen molar-refractivity contribution in [3.63, 3.8) is 0 Å². The van der Waals surface area contributed by atoms with Crippen molar-refractivity contribution in [3.8, 4) is 0 Å². The maximum Gasteiger partial charge on any atom is 0.254 e. The molecular formula is C16H15BrN2O. The van der Waals surface area contributed by atoms with Gasteiger partial charge in [-0.25, -0.2) is 0 Å². The Morgan fingerprint density at radius 2 is 2.00 bits per heavy atom. The van der Waals surface area contributed by atoms with Crippen LogP contribution in [0.25, 0.3) is 0 Å². The highest BCUT2D eigenvalue weighted by atomic mass is 79.9. The Morgan fingerprint density at radius 3 is 2.80 bits per heavy atom. The number of fused-ring (bicyclic) bond motifs is 1. The van der Waals surface area contributed by atoms with E-state index >= 15 is 0 Å². The Kier molecular flexibility index (Phi) is 3.49. The number of carbonyl (C=O) groups is 1. The summed E-state index contributed by atoms with van der Waals surface area (Å²) in [6.07, 6.45) is 0.911. The number of nitrogens with zero attached hydrogens (tertiary/aromatic N) is 1. The standard InChI is InChI=1S/C16H15BrN2O/c17-15-9-13(18)6-5-12(15)10-19-8-7-11-3-1-2-4-14(11)16(19)20/h1-6,9H,7-8,10,18H2. The SMILES string of the molecule is Nc1ccc(CN2CCc3ccccc3C2=O)c(Br)c1. The summed E-state index contributed by atoms with van der Waals surface area (Å²) < 4.78 is 0.948. The maximum atomic E-state index is 12.5. The van der Waals surface area contributed by atoms with Gasteiger partial charge in [-0.3, -0.25) is 4.79 Å². The molecule has 1 amide bonds. The number of nitrogens with two attached hydrogens (primary N) is 1. The lowest BCUT2D eigenvalue weighted by Crippen LogP contribution is -2.37. The predicted octanol–water partition coefficient (Wildman–Crippen LogP) is 3.23. The molecule has 0 saturated heterocycles. The van der Waals surface area contributed by atoms with Crippen molar-refractivity contribution < 1.29 is 4.79 Å². The van der Waals surface area contributed by atoms with Gasteiger partial charge in [-0.05, 0) is 35.7 Å². The molecule has 2 aromatic rings. The number of rotatable bonds is 2. The van der Waals surface area contributed by atoms with E-state index in [9.17, 15) is 4.79 Å². The fraction of sp³-hybridized carbons (Fsp3) is 0.188. The van der Waals surface area contributed by atoms with Crippen LogP contribution < -0.4 is 5.73 Å². The summed E-state index contributed by atoms with van der Waals surface area (Å²) in [5.74, 6) is 0.107. The summed E-state index contributed by atoms with van der Waals surface area (Å²) in [4.78, 5) is 14.4. The molecular weight excluding hydrogens is 316 g/mol. The van der Waals surface area contributed by atoms with Gasteiger partial charge in [0.2, 0.25) is 0 Å². The van der Waals surface area contributed by atoms with Gasteiger partial charge >= 0.3 is 0 Å². The smallest absolute Gasteiger partial charge is 0.254 e. The minimum Gasteiger partial charge on any atom is -0.399 e. The van der Waals surface area contributed by atoms with Gasteiger partial charge < -0.3 is 10.6 Å². The molecule has 4 heteroatoms. The molecule has 3 nitrogen and oxygen atoms in total. The first kappa shape index (κ1) is 13.2. The zero-order chi connectivity index (χ0) is 14.1. The van der Waals surface area contributed by atoms with E-state index in [4.69, 9.17) is 5.73 Å². The zero-order valence-electron chi connectivity index (χ0n) is 11.0. The molecule has 0 aliphatic carbocycles. The van der Waals surface area contributed by atoms with Gasteiger partial charge in [0.15, 0.2) is 0 Å². The summed E-state index contributed by atoms with van der Waals surface area (Å²) >= 11 is 3.51. The number of nitrogen functional groups attached to an aromatic ring is 1. The first-order valence-electron chi connectivity index (χ1n) is 6.56. The molecule has 2 aromatic carbocycles. The third-order valence-electron chi connectivity index (χ3n) is 3.62.